The molecule has 0 spiro atoms. The smallest absolute Gasteiger partial charge is 0.243 e. The van der Waals surface area contributed by atoms with Crippen molar-refractivity contribution in [2.45, 2.75) is 6.92 Å². The lowest BCUT2D eigenvalue weighted by Crippen LogP contribution is -2.22. The van der Waals surface area contributed by atoms with Crippen LogP contribution in [0.4, 0.5) is 11.4 Å². The van der Waals surface area contributed by atoms with Crippen molar-refractivity contribution in [1.29, 1.82) is 0 Å². The van der Waals surface area contributed by atoms with Crippen molar-refractivity contribution in [3.63, 3.8) is 0 Å². The molecule has 2 rings (SSSR count). The fraction of sp³-hybridized carbons (Fsp3) is 0.133. The van der Waals surface area contributed by atoms with Gasteiger partial charge in [0, 0.05) is 10.7 Å². The third kappa shape index (κ3) is 3.65. The predicted molar refractivity (Wildman–Crippen MR) is 84.8 cm³/mol. The number of halogens is 2. The number of carbonyl (C=O) groups is 1. The molecule has 0 aliphatic carbocycles. The molecule has 3 nitrogen and oxygen atoms in total. The Bertz CT molecular complexity index is 629. The quantitative estimate of drug-likeness (QED) is 0.881. The van der Waals surface area contributed by atoms with Crippen LogP contribution in [0.1, 0.15) is 5.56 Å². The van der Waals surface area contributed by atoms with Gasteiger partial charge in [-0.15, -0.1) is 0 Å². The predicted octanol–water partition coefficient (Wildman–Crippen LogP) is 4.35. The van der Waals surface area contributed by atoms with E-state index in [1.54, 1.807) is 12.1 Å². The number of rotatable bonds is 4. The maximum Gasteiger partial charge on any atom is 0.243 e. The molecule has 0 saturated heterocycles. The van der Waals surface area contributed by atoms with Crippen molar-refractivity contribution in [1.82, 2.24) is 0 Å². The molecule has 5 heteroatoms. The molecule has 0 unspecified atom stereocenters. The zero-order valence-corrected chi connectivity index (χ0v) is 12.4. The van der Waals surface area contributed by atoms with Gasteiger partial charge in [0.1, 0.15) is 0 Å². The van der Waals surface area contributed by atoms with Crippen molar-refractivity contribution in [3.8, 4) is 0 Å². The Labute approximate surface area is 127 Å². The zero-order valence-electron chi connectivity index (χ0n) is 10.9. The summed E-state index contributed by atoms with van der Waals surface area (Å²) in [6, 6.07) is 12.6. The van der Waals surface area contributed by atoms with Crippen molar-refractivity contribution in [2.24, 2.45) is 0 Å². The van der Waals surface area contributed by atoms with Gasteiger partial charge < -0.3 is 10.6 Å². The Morgan fingerprint density at radius 1 is 1.00 bits per heavy atom. The van der Waals surface area contributed by atoms with Crippen LogP contribution in [0, 0.1) is 6.92 Å². The van der Waals surface area contributed by atoms with Crippen LogP contribution in [-0.4, -0.2) is 12.5 Å². The van der Waals surface area contributed by atoms with Gasteiger partial charge in [-0.1, -0.05) is 41.4 Å². The highest BCUT2D eigenvalue weighted by molar-refractivity contribution is 6.33. The van der Waals surface area contributed by atoms with Crippen LogP contribution in [0.5, 0.6) is 0 Å². The monoisotopic (exact) mass is 308 g/mol. The third-order valence-electron chi connectivity index (χ3n) is 2.86. The van der Waals surface area contributed by atoms with Crippen LogP contribution in [0.25, 0.3) is 0 Å². The van der Waals surface area contributed by atoms with Gasteiger partial charge in [-0.25, -0.2) is 0 Å². The van der Waals surface area contributed by atoms with Gasteiger partial charge in [0.2, 0.25) is 5.91 Å². The number of nitrogens with one attached hydrogen (secondary N) is 2. The summed E-state index contributed by atoms with van der Waals surface area (Å²) in [6.45, 7) is 2.04. The van der Waals surface area contributed by atoms with Crippen LogP contribution >= 0.6 is 23.2 Å². The number of para-hydroxylation sites is 1. The molecule has 0 atom stereocenters. The molecule has 0 fully saturated rings. The van der Waals surface area contributed by atoms with Crippen molar-refractivity contribution in [3.05, 3.63) is 58.1 Å². The van der Waals surface area contributed by atoms with Gasteiger partial charge in [-0.2, -0.15) is 0 Å². The number of carbonyl (C=O) groups excluding carboxylic acids is 1. The maximum atomic E-state index is 11.9. The summed E-state index contributed by atoms with van der Waals surface area (Å²) < 4.78 is 0. The Morgan fingerprint density at radius 2 is 1.65 bits per heavy atom. The molecule has 1 amide bonds. The molecule has 2 aromatic rings. The minimum Gasteiger partial charge on any atom is -0.376 e. The SMILES string of the molecule is Cc1c(Cl)cccc1NCC(=O)Nc1ccccc1Cl. The zero-order chi connectivity index (χ0) is 14.5. The van der Waals surface area contributed by atoms with Crippen molar-refractivity contribution < 1.29 is 4.79 Å². The van der Waals surface area contributed by atoms with Gasteiger partial charge in [-0.05, 0) is 36.8 Å². The third-order valence-corrected chi connectivity index (χ3v) is 3.59. The van der Waals surface area contributed by atoms with E-state index in [0.717, 1.165) is 11.3 Å². The summed E-state index contributed by atoms with van der Waals surface area (Å²) in [4.78, 5) is 11.9. The molecule has 0 aliphatic rings. The molecule has 0 saturated carbocycles. The summed E-state index contributed by atoms with van der Waals surface area (Å²) in [5.74, 6) is -0.169. The molecule has 0 aromatic heterocycles. The number of amides is 1. The van der Waals surface area contributed by atoms with E-state index in [2.05, 4.69) is 10.6 Å². The first-order chi connectivity index (χ1) is 9.58. The van der Waals surface area contributed by atoms with E-state index < -0.39 is 0 Å². The average Bonchev–Trinajstić information content (AvgIpc) is 2.43. The van der Waals surface area contributed by atoms with E-state index in [1.807, 2.05) is 37.3 Å². The molecule has 0 radical (unpaired) electrons. The number of anilines is 2. The van der Waals surface area contributed by atoms with Crippen LogP contribution in [0.2, 0.25) is 10.0 Å². The van der Waals surface area contributed by atoms with E-state index in [1.165, 1.54) is 0 Å². The van der Waals surface area contributed by atoms with Crippen molar-refractivity contribution in [2.75, 3.05) is 17.2 Å². The molecule has 104 valence electrons. The Kier molecular flexibility index (Phi) is 4.88. The van der Waals surface area contributed by atoms with Crippen LogP contribution in [-0.2, 0) is 4.79 Å². The lowest BCUT2D eigenvalue weighted by molar-refractivity contribution is -0.114. The second kappa shape index (κ2) is 6.64. The minimum atomic E-state index is -0.169. The maximum absolute atomic E-state index is 11.9. The summed E-state index contributed by atoms with van der Waals surface area (Å²) in [5, 5.41) is 6.98. The summed E-state index contributed by atoms with van der Waals surface area (Å²) in [5.41, 5.74) is 2.36. The van der Waals surface area contributed by atoms with E-state index in [9.17, 15) is 4.79 Å². The fourth-order valence-electron chi connectivity index (χ4n) is 1.73. The summed E-state index contributed by atoms with van der Waals surface area (Å²) >= 11 is 12.0. The largest absolute Gasteiger partial charge is 0.376 e. The van der Waals surface area contributed by atoms with Crippen LogP contribution < -0.4 is 10.6 Å². The topological polar surface area (TPSA) is 41.1 Å². The fourth-order valence-corrected chi connectivity index (χ4v) is 2.09. The Balaban J connectivity index is 1.96. The Hall–Kier alpha value is -1.71. The van der Waals surface area contributed by atoms with Gasteiger partial charge in [0.05, 0.1) is 17.3 Å². The van der Waals surface area contributed by atoms with Gasteiger partial charge in [-0.3, -0.25) is 4.79 Å². The summed E-state index contributed by atoms with van der Waals surface area (Å²) in [7, 11) is 0. The van der Waals surface area contributed by atoms with Crippen LogP contribution in [0.3, 0.4) is 0 Å². The molecular weight excluding hydrogens is 295 g/mol. The second-order valence-corrected chi connectivity index (χ2v) is 5.11. The van der Waals surface area contributed by atoms with Gasteiger partial charge in [0.25, 0.3) is 0 Å². The van der Waals surface area contributed by atoms with E-state index in [0.29, 0.717) is 15.7 Å². The molecule has 2 N–H and O–H groups in total. The first kappa shape index (κ1) is 14.7. The first-order valence-corrected chi connectivity index (χ1v) is 6.87. The highest BCUT2D eigenvalue weighted by Gasteiger charge is 2.07. The lowest BCUT2D eigenvalue weighted by Gasteiger charge is -2.11. The minimum absolute atomic E-state index is 0.145. The van der Waals surface area contributed by atoms with Gasteiger partial charge in [0.15, 0.2) is 0 Å². The number of hydrogen-bond acceptors (Lipinski definition) is 2. The molecular formula is C15H14Cl2N2O. The number of hydrogen-bond donors (Lipinski definition) is 2. The van der Waals surface area contributed by atoms with Gasteiger partial charge >= 0.3 is 0 Å². The van der Waals surface area contributed by atoms with Crippen molar-refractivity contribution >= 4 is 40.5 Å². The molecule has 0 bridgehead atoms. The molecule has 2 aromatic carbocycles. The highest BCUT2D eigenvalue weighted by atomic mass is 35.5. The number of benzene rings is 2. The molecule has 0 heterocycles. The van der Waals surface area contributed by atoms with E-state index in [4.69, 9.17) is 23.2 Å². The second-order valence-electron chi connectivity index (χ2n) is 4.29. The normalized spacial score (nSPS) is 10.2. The standard InChI is InChI=1S/C15H14Cl2N2O/c1-10-11(16)6-4-8-13(10)18-9-15(20)19-14-7-3-2-5-12(14)17/h2-8,18H,9H2,1H3,(H,19,20). The van der Waals surface area contributed by atoms with E-state index >= 15 is 0 Å². The lowest BCUT2D eigenvalue weighted by atomic mass is 10.2. The first-order valence-electron chi connectivity index (χ1n) is 6.11. The Morgan fingerprint density at radius 3 is 2.40 bits per heavy atom. The molecule has 0 aliphatic heterocycles. The highest BCUT2D eigenvalue weighted by Crippen LogP contribution is 2.23. The average molecular weight is 309 g/mol. The van der Waals surface area contributed by atoms with Crippen LogP contribution in [0.15, 0.2) is 42.5 Å². The van der Waals surface area contributed by atoms with E-state index in [-0.39, 0.29) is 12.5 Å². The summed E-state index contributed by atoms with van der Waals surface area (Å²) in [6.07, 6.45) is 0. The molecule has 20 heavy (non-hydrogen) atoms.